The summed E-state index contributed by atoms with van der Waals surface area (Å²) in [6.07, 6.45) is 0. The van der Waals surface area contributed by atoms with E-state index < -0.39 is 0 Å². The molecule has 0 aliphatic carbocycles. The number of nitrogens with one attached hydrogen (secondary N) is 2. The molecule has 160 valence electrons. The van der Waals surface area contributed by atoms with Crippen molar-refractivity contribution in [2.45, 2.75) is 13.0 Å². The molecule has 0 unspecified atom stereocenters. The van der Waals surface area contributed by atoms with Gasteiger partial charge in [-0.15, -0.1) is 0 Å². The highest BCUT2D eigenvalue weighted by Gasteiger charge is 2.23. The van der Waals surface area contributed by atoms with E-state index in [4.69, 9.17) is 9.47 Å². The number of carbonyl (C=O) groups is 2. The molecule has 7 heteroatoms. The highest BCUT2D eigenvalue weighted by Crippen LogP contribution is 2.23. The summed E-state index contributed by atoms with van der Waals surface area (Å²) >= 11 is 0. The topological polar surface area (TPSA) is 79.9 Å². The van der Waals surface area contributed by atoms with E-state index >= 15 is 0 Å². The van der Waals surface area contributed by atoms with Gasteiger partial charge in [-0.05, 0) is 36.8 Å². The van der Waals surface area contributed by atoms with Crippen LogP contribution < -0.4 is 15.4 Å². The number of benzene rings is 2. The van der Waals surface area contributed by atoms with Gasteiger partial charge >= 0.3 is 0 Å². The SMILES string of the molecule is COc1ccc([C@@H](CNC(=O)CNC(=O)c2cccc(C)c2)N2CCOCC2)cc1. The molecule has 1 aliphatic heterocycles. The first-order chi connectivity index (χ1) is 14.6. The van der Waals surface area contributed by atoms with Crippen LogP contribution in [0.4, 0.5) is 0 Å². The van der Waals surface area contributed by atoms with E-state index in [1.54, 1.807) is 19.2 Å². The molecule has 1 saturated heterocycles. The Morgan fingerprint density at radius 1 is 1.10 bits per heavy atom. The van der Waals surface area contributed by atoms with Crippen LogP contribution >= 0.6 is 0 Å². The summed E-state index contributed by atoms with van der Waals surface area (Å²) in [4.78, 5) is 26.9. The number of hydrogen-bond acceptors (Lipinski definition) is 5. The Kier molecular flexibility index (Phi) is 7.82. The maximum atomic E-state index is 12.4. The maximum Gasteiger partial charge on any atom is 0.251 e. The third kappa shape index (κ3) is 6.05. The second-order valence-electron chi connectivity index (χ2n) is 7.29. The van der Waals surface area contributed by atoms with Gasteiger partial charge in [0.05, 0.1) is 32.9 Å². The lowest BCUT2D eigenvalue weighted by molar-refractivity contribution is -0.120. The van der Waals surface area contributed by atoms with Crippen molar-refractivity contribution in [2.24, 2.45) is 0 Å². The molecule has 2 aromatic carbocycles. The maximum absolute atomic E-state index is 12.4. The normalized spacial score (nSPS) is 15.3. The van der Waals surface area contributed by atoms with Crippen molar-refractivity contribution in [3.8, 4) is 5.75 Å². The third-order valence-corrected chi connectivity index (χ3v) is 5.17. The molecule has 3 rings (SSSR count). The number of aryl methyl sites for hydroxylation is 1. The van der Waals surface area contributed by atoms with Crippen LogP contribution in [0, 0.1) is 6.92 Å². The third-order valence-electron chi connectivity index (χ3n) is 5.17. The smallest absolute Gasteiger partial charge is 0.251 e. The summed E-state index contributed by atoms with van der Waals surface area (Å²) in [5, 5.41) is 5.64. The van der Waals surface area contributed by atoms with E-state index in [0.717, 1.165) is 30.0 Å². The van der Waals surface area contributed by atoms with Gasteiger partial charge in [-0.25, -0.2) is 0 Å². The summed E-state index contributed by atoms with van der Waals surface area (Å²) in [5.74, 6) is 0.318. The number of morpholine rings is 1. The molecule has 30 heavy (non-hydrogen) atoms. The molecule has 1 heterocycles. The van der Waals surface area contributed by atoms with Gasteiger partial charge in [-0.3, -0.25) is 14.5 Å². The highest BCUT2D eigenvalue weighted by atomic mass is 16.5. The Morgan fingerprint density at radius 2 is 1.83 bits per heavy atom. The molecule has 2 aromatic rings. The van der Waals surface area contributed by atoms with Gasteiger partial charge in [0.1, 0.15) is 5.75 Å². The van der Waals surface area contributed by atoms with Gasteiger partial charge in [0.15, 0.2) is 0 Å². The first-order valence-electron chi connectivity index (χ1n) is 10.1. The van der Waals surface area contributed by atoms with E-state index in [-0.39, 0.29) is 24.4 Å². The largest absolute Gasteiger partial charge is 0.497 e. The number of hydrogen-bond donors (Lipinski definition) is 2. The fourth-order valence-electron chi connectivity index (χ4n) is 3.49. The molecule has 2 amide bonds. The molecule has 0 saturated carbocycles. The van der Waals surface area contributed by atoms with Crippen molar-refractivity contribution < 1.29 is 19.1 Å². The minimum atomic E-state index is -0.256. The van der Waals surface area contributed by atoms with Gasteiger partial charge in [-0.2, -0.15) is 0 Å². The molecule has 0 spiro atoms. The predicted molar refractivity (Wildman–Crippen MR) is 115 cm³/mol. The monoisotopic (exact) mass is 411 g/mol. The summed E-state index contributed by atoms with van der Waals surface area (Å²) in [6, 6.07) is 15.2. The molecule has 0 bridgehead atoms. The predicted octanol–water partition coefficient (Wildman–Crippen LogP) is 1.92. The standard InChI is InChI=1S/C23H29N3O4/c1-17-4-3-5-19(14-17)23(28)25-16-22(27)24-15-21(26-10-12-30-13-11-26)18-6-8-20(29-2)9-7-18/h3-9,14,21H,10-13,15-16H2,1-2H3,(H,24,27)(H,25,28)/t21-/m1/s1. The van der Waals surface area contributed by atoms with Gasteiger partial charge in [0.25, 0.3) is 5.91 Å². The van der Waals surface area contributed by atoms with Crippen LogP contribution in [-0.4, -0.2) is 63.2 Å². The van der Waals surface area contributed by atoms with Crippen LogP contribution in [0.15, 0.2) is 48.5 Å². The van der Waals surface area contributed by atoms with Gasteiger partial charge in [-0.1, -0.05) is 29.8 Å². The summed E-state index contributed by atoms with van der Waals surface area (Å²) in [6.45, 7) is 5.26. The van der Waals surface area contributed by atoms with Crippen molar-refractivity contribution in [1.82, 2.24) is 15.5 Å². The Bertz CT molecular complexity index is 848. The lowest BCUT2D eigenvalue weighted by Gasteiger charge is -2.35. The van der Waals surface area contributed by atoms with Crippen molar-refractivity contribution >= 4 is 11.8 Å². The van der Waals surface area contributed by atoms with E-state index in [0.29, 0.717) is 25.3 Å². The summed E-state index contributed by atoms with van der Waals surface area (Å²) < 4.78 is 10.7. The Hall–Kier alpha value is -2.90. The van der Waals surface area contributed by atoms with Crippen LogP contribution in [0.5, 0.6) is 5.75 Å². The van der Waals surface area contributed by atoms with E-state index in [1.807, 2.05) is 43.3 Å². The Labute approximate surface area is 177 Å². The second kappa shape index (κ2) is 10.8. The number of amides is 2. The molecule has 0 radical (unpaired) electrons. The molecule has 1 fully saturated rings. The van der Waals surface area contributed by atoms with Gasteiger partial charge in [0, 0.05) is 25.2 Å². The van der Waals surface area contributed by atoms with E-state index in [1.165, 1.54) is 0 Å². The van der Waals surface area contributed by atoms with Gasteiger partial charge in [0.2, 0.25) is 5.91 Å². The van der Waals surface area contributed by atoms with Crippen molar-refractivity contribution in [1.29, 1.82) is 0 Å². The number of ether oxygens (including phenoxy) is 2. The van der Waals surface area contributed by atoms with Crippen molar-refractivity contribution in [3.05, 3.63) is 65.2 Å². The number of methoxy groups -OCH3 is 1. The van der Waals surface area contributed by atoms with Crippen LogP contribution in [0.3, 0.4) is 0 Å². The van der Waals surface area contributed by atoms with Crippen LogP contribution in [0.2, 0.25) is 0 Å². The average molecular weight is 412 g/mol. The summed E-state index contributed by atoms with van der Waals surface area (Å²) in [5.41, 5.74) is 2.65. The number of rotatable bonds is 8. The first kappa shape index (κ1) is 21.8. The fourth-order valence-corrected chi connectivity index (χ4v) is 3.49. The lowest BCUT2D eigenvalue weighted by Crippen LogP contribution is -2.45. The molecule has 1 atom stereocenters. The molecule has 0 aromatic heterocycles. The van der Waals surface area contributed by atoms with E-state index in [9.17, 15) is 9.59 Å². The zero-order chi connectivity index (χ0) is 21.3. The molecule has 1 aliphatic rings. The van der Waals surface area contributed by atoms with Crippen molar-refractivity contribution in [2.75, 3.05) is 46.5 Å². The highest BCUT2D eigenvalue weighted by molar-refractivity contribution is 5.96. The quantitative estimate of drug-likeness (QED) is 0.694. The minimum absolute atomic E-state index is 0.0243. The minimum Gasteiger partial charge on any atom is -0.497 e. The first-order valence-corrected chi connectivity index (χ1v) is 10.1. The summed E-state index contributed by atoms with van der Waals surface area (Å²) in [7, 11) is 1.64. The Morgan fingerprint density at radius 3 is 2.50 bits per heavy atom. The zero-order valence-electron chi connectivity index (χ0n) is 17.5. The number of nitrogens with zero attached hydrogens (tertiary/aromatic N) is 1. The lowest BCUT2D eigenvalue weighted by atomic mass is 10.0. The average Bonchev–Trinajstić information content (AvgIpc) is 2.78. The molecule has 7 nitrogen and oxygen atoms in total. The molecular weight excluding hydrogens is 382 g/mol. The zero-order valence-corrected chi connectivity index (χ0v) is 17.5. The van der Waals surface area contributed by atoms with Crippen molar-refractivity contribution in [3.63, 3.8) is 0 Å². The van der Waals surface area contributed by atoms with E-state index in [2.05, 4.69) is 15.5 Å². The second-order valence-corrected chi connectivity index (χ2v) is 7.29. The fraction of sp³-hybridized carbons (Fsp3) is 0.391. The van der Waals surface area contributed by atoms with Crippen LogP contribution in [0.1, 0.15) is 27.5 Å². The van der Waals surface area contributed by atoms with Gasteiger partial charge < -0.3 is 20.1 Å². The van der Waals surface area contributed by atoms with Crippen LogP contribution in [-0.2, 0) is 9.53 Å². The number of carbonyl (C=O) groups excluding carboxylic acids is 2. The molecular formula is C23H29N3O4. The van der Waals surface area contributed by atoms with Crippen LogP contribution in [0.25, 0.3) is 0 Å². The Balaban J connectivity index is 1.57. The molecule has 2 N–H and O–H groups in total.